The van der Waals surface area contributed by atoms with Gasteiger partial charge < -0.3 is 10.5 Å². The highest BCUT2D eigenvalue weighted by Crippen LogP contribution is 2.28. The molecule has 0 unspecified atom stereocenters. The van der Waals surface area contributed by atoms with Crippen molar-refractivity contribution in [2.75, 3.05) is 5.73 Å². The van der Waals surface area contributed by atoms with Crippen LogP contribution in [-0.4, -0.2) is 11.3 Å². The molecule has 0 aliphatic heterocycles. The zero-order valence-corrected chi connectivity index (χ0v) is 9.32. The van der Waals surface area contributed by atoms with Crippen LogP contribution in [0, 0.1) is 6.92 Å². The second-order valence-corrected chi connectivity index (χ2v) is 3.35. The molecule has 7 heteroatoms. The van der Waals surface area contributed by atoms with Crippen LogP contribution in [-0.2, 0) is 5.33 Å². The summed E-state index contributed by atoms with van der Waals surface area (Å²) in [6, 6.07) is 1.12. The Kier molecular flexibility index (Phi) is 3.43. The number of anilines is 1. The fourth-order valence-electron chi connectivity index (χ4n) is 0.986. The lowest BCUT2D eigenvalue weighted by Gasteiger charge is -2.12. The van der Waals surface area contributed by atoms with Crippen molar-refractivity contribution in [2.45, 2.75) is 18.6 Å². The number of hydrogen-bond donors (Lipinski definition) is 1. The zero-order chi connectivity index (χ0) is 11.6. The maximum atomic E-state index is 11.9. The SMILES string of the molecule is Cc1nc(CBr)c(N)cc1OC(F)(F)F. The van der Waals surface area contributed by atoms with E-state index in [9.17, 15) is 13.2 Å². The molecule has 3 nitrogen and oxygen atoms in total. The number of rotatable bonds is 2. The smallest absolute Gasteiger partial charge is 0.404 e. The van der Waals surface area contributed by atoms with Gasteiger partial charge in [0.25, 0.3) is 0 Å². The van der Waals surface area contributed by atoms with E-state index in [1.54, 1.807) is 0 Å². The molecule has 1 heterocycles. The molecule has 1 aromatic rings. The lowest BCUT2D eigenvalue weighted by Crippen LogP contribution is -2.18. The van der Waals surface area contributed by atoms with E-state index in [4.69, 9.17) is 5.73 Å². The molecule has 0 fully saturated rings. The van der Waals surface area contributed by atoms with E-state index < -0.39 is 6.36 Å². The maximum Gasteiger partial charge on any atom is 0.573 e. The fraction of sp³-hybridized carbons (Fsp3) is 0.375. The predicted molar refractivity (Wildman–Crippen MR) is 52.7 cm³/mol. The Labute approximate surface area is 92.6 Å². The third-order valence-corrected chi connectivity index (χ3v) is 2.16. The van der Waals surface area contributed by atoms with E-state index >= 15 is 0 Å². The Morgan fingerprint density at radius 1 is 1.53 bits per heavy atom. The molecule has 15 heavy (non-hydrogen) atoms. The lowest BCUT2D eigenvalue weighted by molar-refractivity contribution is -0.274. The van der Waals surface area contributed by atoms with Gasteiger partial charge in [-0.1, -0.05) is 15.9 Å². The van der Waals surface area contributed by atoms with Gasteiger partial charge in [-0.3, -0.25) is 4.98 Å². The van der Waals surface area contributed by atoms with Crippen LogP contribution in [0.3, 0.4) is 0 Å². The van der Waals surface area contributed by atoms with E-state index in [0.717, 1.165) is 6.07 Å². The van der Waals surface area contributed by atoms with Gasteiger partial charge in [0.1, 0.15) is 0 Å². The standard InChI is InChI=1S/C8H8BrF3N2O/c1-4-7(15-8(10,11)12)2-5(13)6(3-9)14-4/h2H,3,13H2,1H3. The van der Waals surface area contributed by atoms with Gasteiger partial charge in [0.05, 0.1) is 17.1 Å². The predicted octanol–water partition coefficient (Wildman–Crippen LogP) is 2.77. The van der Waals surface area contributed by atoms with Crippen molar-refractivity contribution >= 4 is 21.6 Å². The summed E-state index contributed by atoms with van der Waals surface area (Å²) in [6.07, 6.45) is -4.73. The van der Waals surface area contributed by atoms with E-state index in [2.05, 4.69) is 25.7 Å². The van der Waals surface area contributed by atoms with Gasteiger partial charge >= 0.3 is 6.36 Å². The number of aryl methyl sites for hydroxylation is 1. The quantitative estimate of drug-likeness (QED) is 0.850. The summed E-state index contributed by atoms with van der Waals surface area (Å²) in [7, 11) is 0. The van der Waals surface area contributed by atoms with E-state index in [1.807, 2.05) is 0 Å². The normalized spacial score (nSPS) is 11.5. The molecule has 1 aromatic heterocycles. The number of ether oxygens (including phenoxy) is 1. The van der Waals surface area contributed by atoms with Crippen LogP contribution >= 0.6 is 15.9 Å². The van der Waals surface area contributed by atoms with Crippen LogP contribution in [0.15, 0.2) is 6.07 Å². The Bertz CT molecular complexity index is 368. The molecule has 2 N–H and O–H groups in total. The van der Waals surface area contributed by atoms with Gasteiger partial charge in [-0.2, -0.15) is 0 Å². The van der Waals surface area contributed by atoms with Crippen molar-refractivity contribution in [3.63, 3.8) is 0 Å². The number of nitrogens with zero attached hydrogens (tertiary/aromatic N) is 1. The van der Waals surface area contributed by atoms with E-state index in [0.29, 0.717) is 11.0 Å². The summed E-state index contributed by atoms with van der Waals surface area (Å²) in [4.78, 5) is 3.88. The molecule has 0 amide bonds. The first-order valence-electron chi connectivity index (χ1n) is 3.91. The lowest BCUT2D eigenvalue weighted by atomic mass is 10.2. The summed E-state index contributed by atoms with van der Waals surface area (Å²) >= 11 is 3.12. The summed E-state index contributed by atoms with van der Waals surface area (Å²) in [6.45, 7) is 1.42. The monoisotopic (exact) mass is 284 g/mol. The highest BCUT2D eigenvalue weighted by Gasteiger charge is 2.32. The second kappa shape index (κ2) is 4.26. The van der Waals surface area contributed by atoms with Crippen LogP contribution in [0.1, 0.15) is 11.4 Å². The number of nitrogens with two attached hydrogens (primary N) is 1. The van der Waals surface area contributed by atoms with Crippen molar-refractivity contribution in [3.8, 4) is 5.75 Å². The number of pyridine rings is 1. The van der Waals surface area contributed by atoms with Gasteiger partial charge in [0, 0.05) is 11.4 Å². The number of halogens is 4. The minimum Gasteiger partial charge on any atom is -0.404 e. The molecule has 0 spiro atoms. The largest absolute Gasteiger partial charge is 0.573 e. The van der Waals surface area contributed by atoms with Gasteiger partial charge in [-0.15, -0.1) is 13.2 Å². The average Bonchev–Trinajstić information content (AvgIpc) is 2.08. The van der Waals surface area contributed by atoms with Crippen LogP contribution in [0.2, 0.25) is 0 Å². The molecule has 0 atom stereocenters. The molecule has 0 saturated heterocycles. The van der Waals surface area contributed by atoms with Crippen LogP contribution in [0.25, 0.3) is 0 Å². The third-order valence-electron chi connectivity index (χ3n) is 1.63. The van der Waals surface area contributed by atoms with Crippen LogP contribution in [0.4, 0.5) is 18.9 Å². The minimum absolute atomic E-state index is 0.149. The maximum absolute atomic E-state index is 11.9. The van der Waals surface area contributed by atoms with E-state index in [1.165, 1.54) is 6.92 Å². The first kappa shape index (κ1) is 12.1. The first-order chi connectivity index (χ1) is 6.83. The molecule has 0 saturated carbocycles. The molecular weight excluding hydrogens is 277 g/mol. The molecule has 0 aliphatic carbocycles. The first-order valence-corrected chi connectivity index (χ1v) is 5.03. The van der Waals surface area contributed by atoms with Gasteiger partial charge in [-0.25, -0.2) is 0 Å². The second-order valence-electron chi connectivity index (χ2n) is 2.79. The zero-order valence-electron chi connectivity index (χ0n) is 7.73. The molecule has 0 bridgehead atoms. The summed E-state index contributed by atoms with van der Waals surface area (Å²) in [5.41, 5.74) is 6.28. The average molecular weight is 285 g/mol. The van der Waals surface area contributed by atoms with Gasteiger partial charge in [0.2, 0.25) is 0 Å². The Morgan fingerprint density at radius 3 is 2.60 bits per heavy atom. The summed E-state index contributed by atoms with van der Waals surface area (Å²) < 4.78 is 39.6. The Hall–Kier alpha value is -0.980. The fourth-order valence-corrected chi connectivity index (χ4v) is 1.44. The number of aromatic nitrogens is 1. The number of hydrogen-bond acceptors (Lipinski definition) is 3. The molecule has 0 aromatic carbocycles. The van der Waals surface area contributed by atoms with Crippen molar-refractivity contribution in [3.05, 3.63) is 17.5 Å². The molecule has 1 rings (SSSR count). The summed E-state index contributed by atoms with van der Waals surface area (Å²) in [5, 5.41) is 0.381. The number of nitrogen functional groups attached to an aromatic ring is 1. The molecule has 84 valence electrons. The molecular formula is C8H8BrF3N2O. The van der Waals surface area contributed by atoms with Gasteiger partial charge in [-0.05, 0) is 6.92 Å². The topological polar surface area (TPSA) is 48.1 Å². The third kappa shape index (κ3) is 3.26. The molecule has 0 aliphatic rings. The minimum atomic E-state index is -4.73. The van der Waals surface area contributed by atoms with Crippen molar-refractivity contribution < 1.29 is 17.9 Å². The van der Waals surface area contributed by atoms with E-state index in [-0.39, 0.29) is 17.1 Å². The van der Waals surface area contributed by atoms with Gasteiger partial charge in [0.15, 0.2) is 5.75 Å². The van der Waals surface area contributed by atoms with Crippen molar-refractivity contribution in [1.82, 2.24) is 4.98 Å². The highest BCUT2D eigenvalue weighted by molar-refractivity contribution is 9.08. The Morgan fingerprint density at radius 2 is 2.13 bits per heavy atom. The summed E-state index contributed by atoms with van der Waals surface area (Å²) in [5.74, 6) is -0.371. The van der Waals surface area contributed by atoms with Crippen LogP contribution < -0.4 is 10.5 Å². The van der Waals surface area contributed by atoms with Crippen molar-refractivity contribution in [2.24, 2.45) is 0 Å². The number of alkyl halides is 4. The van der Waals surface area contributed by atoms with Crippen molar-refractivity contribution in [1.29, 1.82) is 0 Å². The Balaban J connectivity index is 3.05. The molecule has 0 radical (unpaired) electrons. The highest BCUT2D eigenvalue weighted by atomic mass is 79.9. The van der Waals surface area contributed by atoms with Crippen LogP contribution in [0.5, 0.6) is 5.75 Å².